The Hall–Kier alpha value is -1.39. The molecule has 0 atom stereocenters. The number of carbonyl (C=O) groups excluding carboxylic acids is 1. The van der Waals surface area contributed by atoms with Crippen LogP contribution in [0.1, 0.15) is 9.67 Å². The molecule has 0 unspecified atom stereocenters. The van der Waals surface area contributed by atoms with E-state index in [1.54, 1.807) is 34.9 Å². The zero-order valence-corrected chi connectivity index (χ0v) is 11.3. The van der Waals surface area contributed by atoms with Gasteiger partial charge >= 0.3 is 0 Å². The van der Waals surface area contributed by atoms with Crippen molar-refractivity contribution < 1.29 is 4.79 Å². The fourth-order valence-electron chi connectivity index (χ4n) is 1.32. The zero-order chi connectivity index (χ0) is 12.3. The van der Waals surface area contributed by atoms with Crippen LogP contribution in [0.5, 0.6) is 0 Å². The third kappa shape index (κ3) is 3.05. The molecule has 0 saturated heterocycles. The van der Waals surface area contributed by atoms with Crippen molar-refractivity contribution >= 4 is 28.5 Å². The van der Waals surface area contributed by atoms with Crippen molar-refractivity contribution in [3.8, 4) is 9.75 Å². The number of hydrogen-bond acceptors (Lipinski definition) is 4. The van der Waals surface area contributed by atoms with Crippen LogP contribution in [0.3, 0.4) is 0 Å². The van der Waals surface area contributed by atoms with Crippen LogP contribution in [0.2, 0.25) is 0 Å². The SMILES string of the molecule is CN(C)/C=C/C(=O)c1ccc(-c2cccs2)s1. The van der Waals surface area contributed by atoms with Crippen molar-refractivity contribution in [1.29, 1.82) is 0 Å². The Morgan fingerprint density at radius 1 is 1.24 bits per heavy atom. The molecular weight excluding hydrogens is 250 g/mol. The summed E-state index contributed by atoms with van der Waals surface area (Å²) in [6, 6.07) is 7.99. The molecule has 2 heterocycles. The number of carbonyl (C=O) groups is 1. The minimum Gasteiger partial charge on any atom is -0.383 e. The van der Waals surface area contributed by atoms with Gasteiger partial charge in [0.05, 0.1) is 4.88 Å². The van der Waals surface area contributed by atoms with Gasteiger partial charge in [-0.3, -0.25) is 4.79 Å². The largest absolute Gasteiger partial charge is 0.383 e. The maximum Gasteiger partial charge on any atom is 0.197 e. The molecule has 0 bridgehead atoms. The second-order valence-corrected chi connectivity index (χ2v) is 5.82. The van der Waals surface area contributed by atoms with Crippen LogP contribution in [-0.4, -0.2) is 24.8 Å². The summed E-state index contributed by atoms with van der Waals surface area (Å²) in [5, 5.41) is 2.04. The molecule has 2 aromatic rings. The van der Waals surface area contributed by atoms with Gasteiger partial charge in [-0.05, 0) is 23.6 Å². The summed E-state index contributed by atoms with van der Waals surface area (Å²) in [4.78, 5) is 16.8. The van der Waals surface area contributed by atoms with E-state index in [2.05, 4.69) is 6.07 Å². The number of thiophene rings is 2. The van der Waals surface area contributed by atoms with Crippen LogP contribution >= 0.6 is 22.7 Å². The standard InChI is InChI=1S/C13H13NOS2/c1-14(2)8-7-10(15)11-5-6-13(17-11)12-4-3-9-16-12/h3-9H,1-2H3/b8-7+. The van der Waals surface area contributed by atoms with Gasteiger partial charge in [-0.15, -0.1) is 22.7 Å². The lowest BCUT2D eigenvalue weighted by atomic mass is 10.3. The van der Waals surface area contributed by atoms with Gasteiger partial charge in [-0.2, -0.15) is 0 Å². The van der Waals surface area contributed by atoms with Crippen LogP contribution in [0, 0.1) is 0 Å². The van der Waals surface area contributed by atoms with Gasteiger partial charge in [0.15, 0.2) is 5.78 Å². The van der Waals surface area contributed by atoms with Gasteiger partial charge in [-0.25, -0.2) is 0 Å². The monoisotopic (exact) mass is 263 g/mol. The van der Waals surface area contributed by atoms with Gasteiger partial charge in [0.1, 0.15) is 0 Å². The van der Waals surface area contributed by atoms with E-state index < -0.39 is 0 Å². The molecule has 0 aliphatic heterocycles. The lowest BCUT2D eigenvalue weighted by Gasteiger charge is -2.01. The number of ketones is 1. The molecule has 0 radical (unpaired) electrons. The quantitative estimate of drug-likeness (QED) is 0.619. The number of nitrogens with zero attached hydrogens (tertiary/aromatic N) is 1. The highest BCUT2D eigenvalue weighted by Gasteiger charge is 2.08. The minimum absolute atomic E-state index is 0.0616. The molecule has 0 fully saturated rings. The summed E-state index contributed by atoms with van der Waals surface area (Å²) < 4.78 is 0. The van der Waals surface area contributed by atoms with E-state index in [1.807, 2.05) is 42.6 Å². The molecular formula is C13H13NOS2. The summed E-state index contributed by atoms with van der Waals surface area (Å²) in [7, 11) is 3.80. The van der Waals surface area contributed by atoms with Crippen molar-refractivity contribution in [1.82, 2.24) is 4.90 Å². The molecule has 4 heteroatoms. The van der Waals surface area contributed by atoms with Crippen molar-refractivity contribution in [3.63, 3.8) is 0 Å². The van der Waals surface area contributed by atoms with Crippen LogP contribution in [-0.2, 0) is 0 Å². The van der Waals surface area contributed by atoms with Crippen LogP contribution < -0.4 is 0 Å². The van der Waals surface area contributed by atoms with Crippen molar-refractivity contribution in [2.75, 3.05) is 14.1 Å². The average Bonchev–Trinajstić information content (AvgIpc) is 2.94. The van der Waals surface area contributed by atoms with E-state index >= 15 is 0 Å². The maximum atomic E-state index is 11.8. The van der Waals surface area contributed by atoms with E-state index in [-0.39, 0.29) is 5.78 Å². The first-order chi connectivity index (χ1) is 8.16. The number of hydrogen-bond donors (Lipinski definition) is 0. The zero-order valence-electron chi connectivity index (χ0n) is 9.71. The van der Waals surface area contributed by atoms with Crippen LogP contribution in [0.25, 0.3) is 9.75 Å². The van der Waals surface area contributed by atoms with Crippen LogP contribution in [0.15, 0.2) is 41.9 Å². The molecule has 88 valence electrons. The molecule has 0 saturated carbocycles. The molecule has 2 nitrogen and oxygen atoms in total. The number of rotatable bonds is 4. The predicted octanol–water partition coefficient (Wildman–Crippen LogP) is 3.73. The molecule has 0 aromatic carbocycles. The molecule has 0 spiro atoms. The topological polar surface area (TPSA) is 20.3 Å². The number of allylic oxidation sites excluding steroid dienone is 1. The summed E-state index contributed by atoms with van der Waals surface area (Å²) >= 11 is 3.23. The molecule has 2 rings (SSSR count). The Morgan fingerprint density at radius 3 is 2.71 bits per heavy atom. The fourth-order valence-corrected chi connectivity index (χ4v) is 3.08. The fraction of sp³-hybridized carbons (Fsp3) is 0.154. The third-order valence-electron chi connectivity index (χ3n) is 2.14. The first-order valence-electron chi connectivity index (χ1n) is 5.19. The van der Waals surface area contributed by atoms with Gasteiger partial charge in [-0.1, -0.05) is 6.07 Å². The Morgan fingerprint density at radius 2 is 2.06 bits per heavy atom. The normalized spacial score (nSPS) is 10.9. The van der Waals surface area contributed by atoms with Crippen molar-refractivity contribution in [2.45, 2.75) is 0 Å². The summed E-state index contributed by atoms with van der Waals surface area (Å²) in [5.74, 6) is 0.0616. The molecule has 0 aliphatic rings. The molecule has 0 N–H and O–H groups in total. The highest BCUT2D eigenvalue weighted by Crippen LogP contribution is 2.31. The second-order valence-electron chi connectivity index (χ2n) is 3.78. The van der Waals surface area contributed by atoms with Crippen LogP contribution in [0.4, 0.5) is 0 Å². The third-order valence-corrected chi connectivity index (χ3v) is 4.30. The molecule has 0 amide bonds. The van der Waals surface area contributed by atoms with Crippen molar-refractivity contribution in [2.24, 2.45) is 0 Å². The lowest BCUT2D eigenvalue weighted by molar-refractivity contribution is 0.104. The van der Waals surface area contributed by atoms with Gasteiger partial charge in [0.25, 0.3) is 0 Å². The van der Waals surface area contributed by atoms with E-state index in [1.165, 1.54) is 4.88 Å². The summed E-state index contributed by atoms with van der Waals surface area (Å²) in [6.07, 6.45) is 3.37. The van der Waals surface area contributed by atoms with Gasteiger partial charge in [0.2, 0.25) is 0 Å². The highest BCUT2D eigenvalue weighted by atomic mass is 32.1. The van der Waals surface area contributed by atoms with E-state index in [0.29, 0.717) is 0 Å². The van der Waals surface area contributed by atoms with Gasteiger partial charge < -0.3 is 4.90 Å². The molecule has 2 aromatic heterocycles. The van der Waals surface area contributed by atoms with E-state index in [4.69, 9.17) is 0 Å². The summed E-state index contributed by atoms with van der Waals surface area (Å²) in [6.45, 7) is 0. The van der Waals surface area contributed by atoms with E-state index in [0.717, 1.165) is 9.75 Å². The Bertz CT molecular complexity index is 523. The minimum atomic E-state index is 0.0616. The molecule has 17 heavy (non-hydrogen) atoms. The molecule has 0 aliphatic carbocycles. The first kappa shape index (κ1) is 12.1. The maximum absolute atomic E-state index is 11.8. The lowest BCUT2D eigenvalue weighted by Crippen LogP contribution is -2.02. The average molecular weight is 263 g/mol. The Balaban J connectivity index is 2.16. The first-order valence-corrected chi connectivity index (χ1v) is 6.89. The Labute approximate surface area is 109 Å². The second kappa shape index (κ2) is 5.29. The van der Waals surface area contributed by atoms with E-state index in [9.17, 15) is 4.79 Å². The highest BCUT2D eigenvalue weighted by molar-refractivity contribution is 7.22. The summed E-state index contributed by atoms with van der Waals surface area (Å²) in [5.41, 5.74) is 0. The van der Waals surface area contributed by atoms with Gasteiger partial charge in [0, 0.05) is 36.1 Å². The Kier molecular flexibility index (Phi) is 3.76. The van der Waals surface area contributed by atoms with Crippen molar-refractivity contribution in [3.05, 3.63) is 46.8 Å². The smallest absolute Gasteiger partial charge is 0.197 e. The predicted molar refractivity (Wildman–Crippen MR) is 74.8 cm³/mol.